The number of amides is 1. The third-order valence-electron chi connectivity index (χ3n) is 4.57. The summed E-state index contributed by atoms with van der Waals surface area (Å²) < 4.78 is 0.871. The van der Waals surface area contributed by atoms with E-state index in [1.165, 1.54) is 0 Å². The van der Waals surface area contributed by atoms with Crippen LogP contribution in [-0.2, 0) is 0 Å². The van der Waals surface area contributed by atoms with E-state index in [2.05, 4.69) is 20.3 Å². The summed E-state index contributed by atoms with van der Waals surface area (Å²) in [5.74, 6) is 0.473. The van der Waals surface area contributed by atoms with Crippen LogP contribution in [0.2, 0.25) is 0 Å². The lowest BCUT2D eigenvalue weighted by atomic mass is 10.2. The molecule has 1 amide bonds. The fourth-order valence-electron chi connectivity index (χ4n) is 3.23. The summed E-state index contributed by atoms with van der Waals surface area (Å²) in [4.78, 5) is 29.6. The van der Waals surface area contributed by atoms with Crippen molar-refractivity contribution in [2.75, 3.05) is 18.4 Å². The second-order valence-electron chi connectivity index (χ2n) is 6.59. The van der Waals surface area contributed by atoms with Gasteiger partial charge in [0.2, 0.25) is 5.95 Å². The molecule has 1 aliphatic heterocycles. The lowest BCUT2D eigenvalue weighted by Crippen LogP contribution is -2.29. The first-order valence-electron chi connectivity index (χ1n) is 8.87. The zero-order valence-corrected chi connectivity index (χ0v) is 15.7. The van der Waals surface area contributed by atoms with Crippen LogP contribution in [0.1, 0.15) is 46.9 Å². The molecule has 0 aliphatic carbocycles. The molecule has 3 aromatic rings. The molecule has 4 heterocycles. The maximum Gasteiger partial charge on any atom is 0.274 e. The van der Waals surface area contributed by atoms with Gasteiger partial charge in [0.1, 0.15) is 0 Å². The summed E-state index contributed by atoms with van der Waals surface area (Å²) in [6.07, 6.45) is 3.89. The summed E-state index contributed by atoms with van der Waals surface area (Å²) in [7, 11) is 0. The molecular weight excluding hydrogens is 346 g/mol. The molecule has 4 rings (SSSR count). The largest absolute Gasteiger partial charge is 0.346 e. The van der Waals surface area contributed by atoms with Crippen LogP contribution >= 0.6 is 11.3 Å². The van der Waals surface area contributed by atoms with Crippen molar-refractivity contribution >= 4 is 33.4 Å². The highest BCUT2D eigenvalue weighted by Gasteiger charge is 2.25. The maximum absolute atomic E-state index is 13.0. The van der Waals surface area contributed by atoms with Gasteiger partial charge in [-0.25, -0.2) is 9.97 Å². The molecule has 1 atom stereocenters. The van der Waals surface area contributed by atoms with E-state index in [-0.39, 0.29) is 11.9 Å². The number of aryl methyl sites for hydroxylation is 1. The fraction of sp³-hybridized carbons (Fsp3) is 0.368. The molecule has 1 fully saturated rings. The number of thiophene rings is 1. The summed E-state index contributed by atoms with van der Waals surface area (Å²) in [6, 6.07) is 7.76. The molecule has 1 aliphatic rings. The number of carbonyl (C=O) groups is 1. The topological polar surface area (TPSA) is 71.0 Å². The second kappa shape index (κ2) is 6.99. The Hall–Kier alpha value is -2.54. The lowest BCUT2D eigenvalue weighted by Gasteiger charge is -2.17. The van der Waals surface area contributed by atoms with E-state index in [4.69, 9.17) is 0 Å². The third kappa shape index (κ3) is 3.26. The Labute approximate surface area is 156 Å². The summed E-state index contributed by atoms with van der Waals surface area (Å²) in [6.45, 7) is 5.65. The third-order valence-corrected chi connectivity index (χ3v) is 5.61. The van der Waals surface area contributed by atoms with Crippen LogP contribution in [-0.4, -0.2) is 38.8 Å². The van der Waals surface area contributed by atoms with Gasteiger partial charge in [-0.3, -0.25) is 9.78 Å². The molecule has 1 saturated heterocycles. The van der Waals surface area contributed by atoms with Crippen molar-refractivity contribution in [1.29, 1.82) is 0 Å². The molecule has 0 saturated carbocycles. The Kier molecular flexibility index (Phi) is 4.55. The fourth-order valence-corrected chi connectivity index (χ4v) is 4.16. The molecule has 7 heteroatoms. The van der Waals surface area contributed by atoms with Crippen molar-refractivity contribution in [2.45, 2.75) is 32.7 Å². The van der Waals surface area contributed by atoms with Gasteiger partial charge >= 0.3 is 0 Å². The predicted octanol–water partition coefficient (Wildman–Crippen LogP) is 3.80. The molecule has 26 heavy (non-hydrogen) atoms. The minimum atomic E-state index is -0.0527. The van der Waals surface area contributed by atoms with Gasteiger partial charge in [0.15, 0.2) is 5.69 Å². The monoisotopic (exact) mass is 367 g/mol. The maximum atomic E-state index is 13.0. The molecule has 134 valence electrons. The van der Waals surface area contributed by atoms with Crippen LogP contribution in [0, 0.1) is 6.92 Å². The number of fused-ring (bicyclic) bond motifs is 1. The van der Waals surface area contributed by atoms with Gasteiger partial charge in [0, 0.05) is 24.2 Å². The number of nitrogens with one attached hydrogen (secondary N) is 1. The summed E-state index contributed by atoms with van der Waals surface area (Å²) in [5.41, 5.74) is 2.23. The molecule has 1 unspecified atom stereocenters. The predicted molar refractivity (Wildman–Crippen MR) is 104 cm³/mol. The number of likely N-dealkylation sites (tertiary alicyclic amines) is 1. The Morgan fingerprint density at radius 2 is 2.08 bits per heavy atom. The number of carbonyl (C=O) groups excluding carboxylic acids is 1. The number of anilines is 1. The van der Waals surface area contributed by atoms with Crippen molar-refractivity contribution in [3.8, 4) is 0 Å². The molecule has 0 bridgehead atoms. The average Bonchev–Trinajstić information content (AvgIpc) is 3.30. The van der Waals surface area contributed by atoms with Crippen LogP contribution < -0.4 is 5.32 Å². The van der Waals surface area contributed by atoms with Gasteiger partial charge in [-0.15, -0.1) is 11.3 Å². The van der Waals surface area contributed by atoms with Crippen LogP contribution in [0.15, 0.2) is 30.5 Å². The van der Waals surface area contributed by atoms with E-state index in [9.17, 15) is 4.79 Å². The van der Waals surface area contributed by atoms with E-state index >= 15 is 0 Å². The number of rotatable bonds is 4. The van der Waals surface area contributed by atoms with Crippen LogP contribution in [0.25, 0.3) is 10.2 Å². The Balaban J connectivity index is 1.70. The van der Waals surface area contributed by atoms with E-state index in [0.29, 0.717) is 11.6 Å². The highest BCUT2D eigenvalue weighted by Crippen LogP contribution is 2.29. The average molecular weight is 367 g/mol. The minimum Gasteiger partial charge on any atom is -0.346 e. The van der Waals surface area contributed by atoms with E-state index in [0.717, 1.165) is 46.7 Å². The molecule has 1 N–H and O–H groups in total. The van der Waals surface area contributed by atoms with Gasteiger partial charge in [-0.2, -0.15) is 0 Å². The van der Waals surface area contributed by atoms with Crippen molar-refractivity contribution in [2.24, 2.45) is 0 Å². The van der Waals surface area contributed by atoms with Crippen LogP contribution in [0.4, 0.5) is 5.95 Å². The first-order valence-corrected chi connectivity index (χ1v) is 9.68. The van der Waals surface area contributed by atoms with E-state index in [1.807, 2.05) is 43.0 Å². The molecular formula is C19H21N5OS. The summed E-state index contributed by atoms with van der Waals surface area (Å²) in [5, 5.41) is 3.29. The van der Waals surface area contributed by atoms with Gasteiger partial charge in [-0.05, 0) is 44.9 Å². The second-order valence-corrected chi connectivity index (χ2v) is 7.84. The lowest BCUT2D eigenvalue weighted by molar-refractivity contribution is 0.0789. The number of aromatic nitrogens is 3. The highest BCUT2D eigenvalue weighted by molar-refractivity contribution is 7.19. The molecule has 0 aromatic carbocycles. The van der Waals surface area contributed by atoms with E-state index < -0.39 is 0 Å². The highest BCUT2D eigenvalue weighted by atomic mass is 32.1. The first kappa shape index (κ1) is 16.9. The Morgan fingerprint density at radius 1 is 1.27 bits per heavy atom. The van der Waals surface area contributed by atoms with E-state index in [1.54, 1.807) is 17.5 Å². The number of pyridine rings is 1. The Bertz CT molecular complexity index is 934. The SMILES string of the molecule is Cc1cc2nc(NC(C)c3ccccn3)nc(C(=O)N3CCCC3)c2s1. The van der Waals surface area contributed by atoms with Crippen molar-refractivity contribution in [1.82, 2.24) is 19.9 Å². The van der Waals surface area contributed by atoms with Crippen LogP contribution in [0.3, 0.4) is 0 Å². The molecule has 0 spiro atoms. The van der Waals surface area contributed by atoms with Gasteiger partial charge in [-0.1, -0.05) is 6.07 Å². The zero-order valence-electron chi connectivity index (χ0n) is 14.9. The zero-order chi connectivity index (χ0) is 18.1. The van der Waals surface area contributed by atoms with Gasteiger partial charge in [0.25, 0.3) is 5.91 Å². The molecule has 6 nitrogen and oxygen atoms in total. The van der Waals surface area contributed by atoms with Gasteiger partial charge in [0.05, 0.1) is 22.0 Å². The molecule has 0 radical (unpaired) electrons. The number of hydrogen-bond acceptors (Lipinski definition) is 6. The number of hydrogen-bond donors (Lipinski definition) is 1. The number of nitrogens with zero attached hydrogens (tertiary/aromatic N) is 4. The first-order chi connectivity index (χ1) is 12.6. The quantitative estimate of drug-likeness (QED) is 0.759. The Morgan fingerprint density at radius 3 is 2.81 bits per heavy atom. The van der Waals surface area contributed by atoms with Crippen molar-refractivity contribution < 1.29 is 4.79 Å². The normalized spacial score (nSPS) is 15.4. The molecule has 3 aromatic heterocycles. The van der Waals surface area contributed by atoms with Crippen LogP contribution in [0.5, 0.6) is 0 Å². The summed E-state index contributed by atoms with van der Waals surface area (Å²) >= 11 is 1.58. The van der Waals surface area contributed by atoms with Crippen molar-refractivity contribution in [3.05, 3.63) is 46.7 Å². The smallest absolute Gasteiger partial charge is 0.274 e. The minimum absolute atomic E-state index is 0.00490. The van der Waals surface area contributed by atoms with Crippen molar-refractivity contribution in [3.63, 3.8) is 0 Å². The standard InChI is InChI=1S/C19H21N5OS/c1-12-11-15-17(26-12)16(18(25)24-9-5-6-10-24)23-19(22-15)21-13(2)14-7-3-4-8-20-14/h3-4,7-8,11,13H,5-6,9-10H2,1-2H3,(H,21,22,23). The van der Waals surface area contributed by atoms with Gasteiger partial charge < -0.3 is 10.2 Å².